The van der Waals surface area contributed by atoms with Gasteiger partial charge in [-0.15, -0.1) is 0 Å². The average Bonchev–Trinajstić information content (AvgIpc) is 2.86. The summed E-state index contributed by atoms with van der Waals surface area (Å²) in [6, 6.07) is 12.5. The molecule has 5 heteroatoms. The van der Waals surface area contributed by atoms with Gasteiger partial charge >= 0.3 is 0 Å². The molecule has 0 bridgehead atoms. The van der Waals surface area contributed by atoms with Gasteiger partial charge < -0.3 is 4.74 Å². The molecule has 0 aliphatic carbocycles. The van der Waals surface area contributed by atoms with Gasteiger partial charge in [0.1, 0.15) is 5.75 Å². The molecule has 0 unspecified atom stereocenters. The highest BCUT2D eigenvalue weighted by Gasteiger charge is 2.39. The lowest BCUT2D eigenvalue weighted by atomic mass is 10.0. The smallest absolute Gasteiger partial charge is 0.266 e. The zero-order valence-electron chi connectivity index (χ0n) is 13.2. The number of hydrogen-bond acceptors (Lipinski definition) is 4. The predicted octanol–water partition coefficient (Wildman–Crippen LogP) is 3.35. The number of methoxy groups -OCH3 is 1. The van der Waals surface area contributed by atoms with E-state index in [4.69, 9.17) is 4.74 Å². The lowest BCUT2D eigenvalue weighted by Gasteiger charge is -2.15. The van der Waals surface area contributed by atoms with E-state index < -0.39 is 0 Å². The number of benzene rings is 2. The first-order valence-electron chi connectivity index (χ1n) is 7.53. The molecule has 4 rings (SSSR count). The Kier molecular flexibility index (Phi) is 3.09. The maximum atomic E-state index is 13.0. The van der Waals surface area contributed by atoms with Gasteiger partial charge in [-0.3, -0.25) is 14.6 Å². The van der Waals surface area contributed by atoms with Crippen molar-refractivity contribution < 1.29 is 14.3 Å². The lowest BCUT2D eigenvalue weighted by Crippen LogP contribution is -2.29. The number of pyridine rings is 1. The summed E-state index contributed by atoms with van der Waals surface area (Å²) in [6.45, 7) is 1.79. The number of imide groups is 1. The van der Waals surface area contributed by atoms with Gasteiger partial charge in [-0.1, -0.05) is 18.2 Å². The molecule has 1 aliphatic rings. The molecule has 2 aromatic carbocycles. The summed E-state index contributed by atoms with van der Waals surface area (Å²) in [7, 11) is 1.54. The van der Waals surface area contributed by atoms with Crippen molar-refractivity contribution in [2.24, 2.45) is 0 Å². The number of hydrogen-bond donors (Lipinski definition) is 0. The van der Waals surface area contributed by atoms with Crippen LogP contribution in [0.4, 0.5) is 5.69 Å². The summed E-state index contributed by atoms with van der Waals surface area (Å²) in [5.74, 6) is -0.0868. The Morgan fingerprint density at radius 1 is 1.00 bits per heavy atom. The highest BCUT2D eigenvalue weighted by atomic mass is 16.5. The summed E-state index contributed by atoms with van der Waals surface area (Å²) < 4.78 is 5.27. The van der Waals surface area contributed by atoms with Crippen molar-refractivity contribution in [2.75, 3.05) is 12.0 Å². The summed E-state index contributed by atoms with van der Waals surface area (Å²) >= 11 is 0. The van der Waals surface area contributed by atoms with Crippen molar-refractivity contribution >= 4 is 28.4 Å². The van der Waals surface area contributed by atoms with E-state index in [-0.39, 0.29) is 11.8 Å². The van der Waals surface area contributed by atoms with E-state index in [1.54, 1.807) is 38.4 Å². The molecule has 5 nitrogen and oxygen atoms in total. The van der Waals surface area contributed by atoms with Crippen molar-refractivity contribution in [3.63, 3.8) is 0 Å². The second-order valence-corrected chi connectivity index (χ2v) is 5.61. The third kappa shape index (κ3) is 1.84. The Balaban J connectivity index is 1.93. The minimum atomic E-state index is -0.343. The van der Waals surface area contributed by atoms with Gasteiger partial charge in [0.15, 0.2) is 0 Å². The number of rotatable bonds is 2. The molecule has 2 amide bonds. The van der Waals surface area contributed by atoms with Gasteiger partial charge in [-0.05, 0) is 31.2 Å². The van der Waals surface area contributed by atoms with E-state index in [0.717, 1.165) is 5.39 Å². The highest BCUT2D eigenvalue weighted by Crippen LogP contribution is 2.36. The first kappa shape index (κ1) is 14.4. The van der Waals surface area contributed by atoms with E-state index in [2.05, 4.69) is 4.98 Å². The van der Waals surface area contributed by atoms with Crippen LogP contribution in [0.1, 0.15) is 26.3 Å². The molecule has 1 aromatic heterocycles. The monoisotopic (exact) mass is 318 g/mol. The second kappa shape index (κ2) is 5.16. The molecule has 3 aromatic rings. The van der Waals surface area contributed by atoms with Gasteiger partial charge in [0.2, 0.25) is 0 Å². The molecule has 2 heterocycles. The summed E-state index contributed by atoms with van der Waals surface area (Å²) in [5, 5.41) is 0.876. The van der Waals surface area contributed by atoms with Crippen LogP contribution in [0.5, 0.6) is 5.75 Å². The Labute approximate surface area is 138 Å². The van der Waals surface area contributed by atoms with E-state index in [0.29, 0.717) is 33.6 Å². The van der Waals surface area contributed by atoms with Gasteiger partial charge in [0.25, 0.3) is 11.8 Å². The maximum absolute atomic E-state index is 13.0. The van der Waals surface area contributed by atoms with Crippen LogP contribution in [0.3, 0.4) is 0 Å². The second-order valence-electron chi connectivity index (χ2n) is 5.61. The molecule has 0 radical (unpaired) electrons. The van der Waals surface area contributed by atoms with Crippen LogP contribution >= 0.6 is 0 Å². The average molecular weight is 318 g/mol. The Hall–Kier alpha value is -3.21. The first-order valence-corrected chi connectivity index (χ1v) is 7.53. The van der Waals surface area contributed by atoms with Gasteiger partial charge in [0.05, 0.1) is 29.4 Å². The van der Waals surface area contributed by atoms with Crippen molar-refractivity contribution in [1.82, 2.24) is 4.98 Å². The molecule has 1 aliphatic heterocycles. The van der Waals surface area contributed by atoms with Crippen LogP contribution in [0.15, 0.2) is 48.7 Å². The third-order valence-corrected chi connectivity index (χ3v) is 4.34. The van der Waals surface area contributed by atoms with Crippen LogP contribution in [0.2, 0.25) is 0 Å². The molecular formula is C19H14N2O3. The van der Waals surface area contributed by atoms with E-state index >= 15 is 0 Å². The number of amides is 2. The number of fused-ring (bicyclic) bond motifs is 2. The van der Waals surface area contributed by atoms with Crippen LogP contribution in [-0.4, -0.2) is 23.9 Å². The molecule has 0 N–H and O–H groups in total. The summed E-state index contributed by atoms with van der Waals surface area (Å²) in [4.78, 5) is 31.3. The number of nitrogens with zero attached hydrogens (tertiary/aromatic N) is 2. The number of carbonyl (C=O) groups is 2. The number of carbonyl (C=O) groups excluding carboxylic acids is 2. The topological polar surface area (TPSA) is 59.5 Å². The number of ether oxygens (including phenoxy) is 1. The van der Waals surface area contributed by atoms with E-state index in [1.807, 2.05) is 24.3 Å². The van der Waals surface area contributed by atoms with Crippen LogP contribution < -0.4 is 9.64 Å². The third-order valence-electron chi connectivity index (χ3n) is 4.34. The van der Waals surface area contributed by atoms with Gasteiger partial charge in [0, 0.05) is 17.1 Å². The first-order chi connectivity index (χ1) is 11.6. The number of para-hydroxylation sites is 1. The Bertz CT molecular complexity index is 1010. The zero-order chi connectivity index (χ0) is 16.8. The molecule has 0 fully saturated rings. The molecular weight excluding hydrogens is 304 g/mol. The fourth-order valence-electron chi connectivity index (χ4n) is 3.18. The Morgan fingerprint density at radius 3 is 2.58 bits per heavy atom. The van der Waals surface area contributed by atoms with Gasteiger partial charge in [-0.25, -0.2) is 4.90 Å². The minimum absolute atomic E-state index is 0.334. The molecule has 0 atom stereocenters. The number of anilines is 1. The molecule has 0 saturated heterocycles. The quantitative estimate of drug-likeness (QED) is 0.680. The zero-order valence-corrected chi connectivity index (χ0v) is 13.2. The standard InChI is InChI=1S/C19H14N2O3/c1-11-15(24-2)9-8-13-16(11)19(23)21(18(13)22)14-7-3-5-12-6-4-10-20-17(12)14/h3-10H,1-2H3. The van der Waals surface area contributed by atoms with E-state index in [9.17, 15) is 9.59 Å². The minimum Gasteiger partial charge on any atom is -0.496 e. The molecule has 0 spiro atoms. The van der Waals surface area contributed by atoms with Crippen molar-refractivity contribution in [1.29, 1.82) is 0 Å². The van der Waals surface area contributed by atoms with Crippen molar-refractivity contribution in [2.45, 2.75) is 6.92 Å². The van der Waals surface area contributed by atoms with Crippen LogP contribution in [0, 0.1) is 6.92 Å². The summed E-state index contributed by atoms with van der Waals surface area (Å²) in [6.07, 6.45) is 1.65. The fraction of sp³-hybridized carbons (Fsp3) is 0.105. The molecule has 24 heavy (non-hydrogen) atoms. The van der Waals surface area contributed by atoms with Crippen LogP contribution in [-0.2, 0) is 0 Å². The van der Waals surface area contributed by atoms with Crippen LogP contribution in [0.25, 0.3) is 10.9 Å². The molecule has 0 saturated carbocycles. The van der Waals surface area contributed by atoms with Crippen molar-refractivity contribution in [3.8, 4) is 5.75 Å². The SMILES string of the molecule is COc1ccc2c(c1C)C(=O)N(c1cccc3cccnc13)C2=O. The summed E-state index contributed by atoms with van der Waals surface area (Å²) in [5.41, 5.74) is 2.58. The predicted molar refractivity (Wildman–Crippen MR) is 90.6 cm³/mol. The Morgan fingerprint density at radius 2 is 1.79 bits per heavy atom. The van der Waals surface area contributed by atoms with Gasteiger partial charge in [-0.2, -0.15) is 0 Å². The molecule has 118 valence electrons. The number of aromatic nitrogens is 1. The van der Waals surface area contributed by atoms with Crippen molar-refractivity contribution in [3.05, 3.63) is 65.4 Å². The largest absolute Gasteiger partial charge is 0.496 e. The lowest BCUT2D eigenvalue weighted by molar-refractivity contribution is 0.0926. The van der Waals surface area contributed by atoms with E-state index in [1.165, 1.54) is 4.90 Å². The highest BCUT2D eigenvalue weighted by molar-refractivity contribution is 6.36. The maximum Gasteiger partial charge on any atom is 0.266 e. The fourth-order valence-corrected chi connectivity index (χ4v) is 3.18. The normalized spacial score (nSPS) is 13.5.